The average Bonchev–Trinajstić information content (AvgIpc) is 3.31. The van der Waals surface area contributed by atoms with Crippen molar-refractivity contribution in [1.82, 2.24) is 15.1 Å². The molecule has 1 atom stereocenters. The minimum absolute atomic E-state index is 0.0931. The predicted octanol–water partition coefficient (Wildman–Crippen LogP) is 4.05. The van der Waals surface area contributed by atoms with Gasteiger partial charge in [0.25, 0.3) is 0 Å². The van der Waals surface area contributed by atoms with E-state index < -0.39 is 11.9 Å². The van der Waals surface area contributed by atoms with Gasteiger partial charge in [0.15, 0.2) is 5.69 Å². The molecule has 4 nitrogen and oxygen atoms in total. The molecule has 0 aliphatic heterocycles. The van der Waals surface area contributed by atoms with Crippen molar-refractivity contribution >= 4 is 5.91 Å². The highest BCUT2D eigenvalue weighted by Crippen LogP contribution is 2.42. The second-order valence-corrected chi connectivity index (χ2v) is 6.40. The molecule has 2 aromatic rings. The zero-order valence-electron chi connectivity index (χ0n) is 13.9. The van der Waals surface area contributed by atoms with Crippen molar-refractivity contribution in [2.24, 2.45) is 0 Å². The Morgan fingerprint density at radius 2 is 2.00 bits per heavy atom. The van der Waals surface area contributed by atoms with Gasteiger partial charge < -0.3 is 5.32 Å². The Labute approximate surface area is 144 Å². The quantitative estimate of drug-likeness (QED) is 0.854. The minimum Gasteiger partial charge on any atom is -0.350 e. The van der Waals surface area contributed by atoms with E-state index in [0.717, 1.165) is 24.5 Å². The largest absolute Gasteiger partial charge is 0.435 e. The van der Waals surface area contributed by atoms with Crippen LogP contribution in [0.5, 0.6) is 0 Å². The monoisotopic (exact) mass is 351 g/mol. The van der Waals surface area contributed by atoms with Gasteiger partial charge in [-0.05, 0) is 31.4 Å². The van der Waals surface area contributed by atoms with Crippen molar-refractivity contribution in [3.8, 4) is 0 Å². The number of aromatic nitrogens is 2. The van der Waals surface area contributed by atoms with Crippen LogP contribution in [0.2, 0.25) is 0 Å². The zero-order valence-corrected chi connectivity index (χ0v) is 13.9. The molecule has 1 aromatic heterocycles. The van der Waals surface area contributed by atoms with E-state index >= 15 is 0 Å². The summed E-state index contributed by atoms with van der Waals surface area (Å²) in [5, 5.41) is 6.53. The highest BCUT2D eigenvalue weighted by atomic mass is 19.4. The van der Waals surface area contributed by atoms with Crippen molar-refractivity contribution in [2.45, 2.75) is 50.9 Å². The van der Waals surface area contributed by atoms with Crippen molar-refractivity contribution in [3.05, 3.63) is 53.3 Å². The average molecular weight is 351 g/mol. The van der Waals surface area contributed by atoms with E-state index in [4.69, 9.17) is 0 Å². The van der Waals surface area contributed by atoms with Crippen LogP contribution in [0.1, 0.15) is 55.1 Å². The second kappa shape index (κ2) is 6.90. The first-order chi connectivity index (χ1) is 11.8. The minimum atomic E-state index is -4.46. The van der Waals surface area contributed by atoms with Gasteiger partial charge in [-0.1, -0.05) is 30.3 Å². The molecule has 3 rings (SSSR count). The molecule has 1 unspecified atom stereocenters. The van der Waals surface area contributed by atoms with Gasteiger partial charge in [-0.15, -0.1) is 0 Å². The first-order valence-electron chi connectivity index (χ1n) is 8.34. The number of carbonyl (C=O) groups excluding carboxylic acids is 1. The van der Waals surface area contributed by atoms with Gasteiger partial charge >= 0.3 is 6.18 Å². The standard InChI is InChI=1S/C18H20F3N3O/c1-12(13-5-3-2-4-6-13)22-17(25)9-10-24-15(14-7-8-14)11-16(23-24)18(19,20)21/h2-6,11-12,14H,7-10H2,1H3,(H,22,25). The van der Waals surface area contributed by atoms with E-state index in [1.165, 1.54) is 4.68 Å². The lowest BCUT2D eigenvalue weighted by atomic mass is 10.1. The molecule has 0 spiro atoms. The Balaban J connectivity index is 1.61. The molecule has 1 amide bonds. The van der Waals surface area contributed by atoms with Crippen LogP contribution in [0.3, 0.4) is 0 Å². The molecular weight excluding hydrogens is 331 g/mol. The number of carbonyl (C=O) groups is 1. The molecule has 134 valence electrons. The van der Waals surface area contributed by atoms with Gasteiger partial charge in [0.1, 0.15) is 0 Å². The van der Waals surface area contributed by atoms with E-state index in [1.54, 1.807) is 0 Å². The predicted molar refractivity (Wildman–Crippen MR) is 86.8 cm³/mol. The topological polar surface area (TPSA) is 46.9 Å². The molecule has 1 saturated carbocycles. The Kier molecular flexibility index (Phi) is 4.83. The maximum Gasteiger partial charge on any atom is 0.435 e. The summed E-state index contributed by atoms with van der Waals surface area (Å²) < 4.78 is 39.9. The fraction of sp³-hybridized carbons (Fsp3) is 0.444. The number of rotatable bonds is 6. The highest BCUT2D eigenvalue weighted by molar-refractivity contribution is 5.76. The van der Waals surface area contributed by atoms with E-state index in [0.29, 0.717) is 5.69 Å². The number of benzene rings is 1. The van der Waals surface area contributed by atoms with Crippen LogP contribution in [0.15, 0.2) is 36.4 Å². The fourth-order valence-electron chi connectivity index (χ4n) is 2.80. The Morgan fingerprint density at radius 3 is 2.60 bits per heavy atom. The summed E-state index contributed by atoms with van der Waals surface area (Å²) in [5.74, 6) is -0.0722. The van der Waals surface area contributed by atoms with E-state index in [1.807, 2.05) is 37.3 Å². The third kappa shape index (κ3) is 4.41. The van der Waals surface area contributed by atoms with Gasteiger partial charge in [0, 0.05) is 24.6 Å². The molecule has 1 N–H and O–H groups in total. The van der Waals surface area contributed by atoms with E-state index in [2.05, 4.69) is 10.4 Å². The highest BCUT2D eigenvalue weighted by Gasteiger charge is 2.37. The molecule has 1 aromatic carbocycles. The molecule has 1 heterocycles. The third-order valence-corrected chi connectivity index (χ3v) is 4.32. The van der Waals surface area contributed by atoms with Gasteiger partial charge in [-0.2, -0.15) is 18.3 Å². The summed E-state index contributed by atoms with van der Waals surface area (Å²) in [6.45, 7) is 2.02. The van der Waals surface area contributed by atoms with Gasteiger partial charge in [0.2, 0.25) is 5.91 Å². The molecule has 25 heavy (non-hydrogen) atoms. The van der Waals surface area contributed by atoms with Gasteiger partial charge in [-0.3, -0.25) is 9.48 Å². The number of hydrogen-bond acceptors (Lipinski definition) is 2. The number of nitrogens with one attached hydrogen (secondary N) is 1. The molecule has 7 heteroatoms. The van der Waals surface area contributed by atoms with Crippen LogP contribution >= 0.6 is 0 Å². The molecule has 1 fully saturated rings. The lowest BCUT2D eigenvalue weighted by molar-refractivity contribution is -0.141. The van der Waals surface area contributed by atoms with Crippen molar-refractivity contribution in [1.29, 1.82) is 0 Å². The van der Waals surface area contributed by atoms with Crippen molar-refractivity contribution in [3.63, 3.8) is 0 Å². The summed E-state index contributed by atoms with van der Waals surface area (Å²) >= 11 is 0. The van der Waals surface area contributed by atoms with Crippen LogP contribution in [0.25, 0.3) is 0 Å². The third-order valence-electron chi connectivity index (χ3n) is 4.32. The Bertz CT molecular complexity index is 736. The smallest absolute Gasteiger partial charge is 0.350 e. The van der Waals surface area contributed by atoms with Crippen LogP contribution in [-0.2, 0) is 17.5 Å². The Hall–Kier alpha value is -2.31. The molecular formula is C18H20F3N3O. The molecule has 0 saturated heterocycles. The summed E-state index contributed by atoms with van der Waals surface area (Å²) in [7, 11) is 0. The first-order valence-corrected chi connectivity index (χ1v) is 8.34. The number of aryl methyl sites for hydroxylation is 1. The van der Waals surface area contributed by atoms with Gasteiger partial charge in [-0.25, -0.2) is 0 Å². The molecule has 0 radical (unpaired) electrons. The molecule has 0 bridgehead atoms. The lowest BCUT2D eigenvalue weighted by Crippen LogP contribution is -2.27. The zero-order chi connectivity index (χ0) is 18.0. The summed E-state index contributed by atoms with van der Waals surface area (Å²) in [6.07, 6.45) is -2.62. The van der Waals surface area contributed by atoms with Crippen LogP contribution < -0.4 is 5.32 Å². The number of halogens is 3. The van der Waals surface area contributed by atoms with Gasteiger partial charge in [0.05, 0.1) is 6.04 Å². The number of nitrogens with zero attached hydrogens (tertiary/aromatic N) is 2. The van der Waals surface area contributed by atoms with Crippen LogP contribution in [-0.4, -0.2) is 15.7 Å². The van der Waals surface area contributed by atoms with Crippen LogP contribution in [0, 0.1) is 0 Å². The molecule has 1 aliphatic rings. The summed E-state index contributed by atoms with van der Waals surface area (Å²) in [4.78, 5) is 12.1. The lowest BCUT2D eigenvalue weighted by Gasteiger charge is -2.14. The summed E-state index contributed by atoms with van der Waals surface area (Å²) in [6, 6.07) is 10.5. The number of alkyl halides is 3. The van der Waals surface area contributed by atoms with Crippen molar-refractivity contribution < 1.29 is 18.0 Å². The normalized spacial score (nSPS) is 15.8. The second-order valence-electron chi connectivity index (χ2n) is 6.40. The van der Waals surface area contributed by atoms with E-state index in [-0.39, 0.29) is 30.8 Å². The number of amides is 1. The molecule has 1 aliphatic carbocycles. The van der Waals surface area contributed by atoms with Crippen LogP contribution in [0.4, 0.5) is 13.2 Å². The first kappa shape index (κ1) is 17.5. The summed E-state index contributed by atoms with van der Waals surface area (Å²) in [5.41, 5.74) is 0.677. The maximum absolute atomic E-state index is 12.9. The Morgan fingerprint density at radius 1 is 1.32 bits per heavy atom. The maximum atomic E-state index is 12.9. The van der Waals surface area contributed by atoms with Crippen molar-refractivity contribution in [2.75, 3.05) is 0 Å². The van der Waals surface area contributed by atoms with E-state index in [9.17, 15) is 18.0 Å². The SMILES string of the molecule is CC(NC(=O)CCn1nc(C(F)(F)F)cc1C1CC1)c1ccccc1. The fourth-order valence-corrected chi connectivity index (χ4v) is 2.80. The number of hydrogen-bond donors (Lipinski definition) is 1.